The third-order valence-electron chi connectivity index (χ3n) is 8.22. The molecule has 0 aliphatic carbocycles. The van der Waals surface area contributed by atoms with Crippen molar-refractivity contribution in [3.05, 3.63) is 90.5 Å². The van der Waals surface area contributed by atoms with Crippen LogP contribution in [-0.2, 0) is 68.3 Å². The van der Waals surface area contributed by atoms with Crippen LogP contribution in [0.5, 0.6) is 5.75 Å². The van der Waals surface area contributed by atoms with Crippen LogP contribution in [0.15, 0.2) is 125 Å². The minimum atomic E-state index is -5.39. The Morgan fingerprint density at radius 2 is 1.10 bits per heavy atom. The monoisotopic (exact) mass is 1110 g/mol. The molecule has 0 unspecified atom stereocenters. The Labute approximate surface area is 485 Å². The summed E-state index contributed by atoms with van der Waals surface area (Å²) in [4.78, 5) is 11.1. The van der Waals surface area contributed by atoms with E-state index in [4.69, 9.17) is 5.73 Å². The van der Waals surface area contributed by atoms with Gasteiger partial charge < -0.3 is 35.1 Å². The van der Waals surface area contributed by atoms with Gasteiger partial charge in [-0.25, -0.2) is 42.1 Å². The number of sulfone groups is 2. The summed E-state index contributed by atoms with van der Waals surface area (Å²) in [5, 5.41) is 43.1. The van der Waals surface area contributed by atoms with Crippen LogP contribution < -0.4 is 135 Å². The van der Waals surface area contributed by atoms with E-state index in [0.717, 1.165) is 48.5 Å². The second-order valence-corrected chi connectivity index (χ2v) is 20.9. The summed E-state index contributed by atoms with van der Waals surface area (Å²) in [5.74, 6) is -3.17. The first-order chi connectivity index (χ1) is 30.3. The van der Waals surface area contributed by atoms with Crippen molar-refractivity contribution in [1.29, 1.82) is 0 Å². The van der Waals surface area contributed by atoms with Crippen LogP contribution in [0.4, 0.5) is 34.1 Å². The molecule has 26 nitrogen and oxygen atoms in total. The maximum atomic E-state index is 12.9. The van der Waals surface area contributed by atoms with E-state index >= 15 is 0 Å². The standard InChI is InChI=1S/C33H30N6O20S6.4Na/c34-29-28-20(18-27(63(47,48)49)31(29)39-37-23-7-11-25(12-8-23)62(45,46)16-14-57-65(53,54)55)17-26(60-59-58-42)30(32(28)40)38-36-22-3-1-19(2-4-22)33(41)35-21-5-9-24(10-6-21)61(43,44)15-13-56-64(50,51)52;;;;/h1-12,17-18,40,42H,13-16,34H2,(H,35,41)(H,47,48,49)(H,50,51,52)(H,53,54,55);;;;/q;4*+1/p-4. The Morgan fingerprint density at radius 1 is 0.652 bits per heavy atom. The van der Waals surface area contributed by atoms with Gasteiger partial charge in [-0.15, -0.1) is 10.2 Å². The van der Waals surface area contributed by atoms with Gasteiger partial charge in [-0.3, -0.25) is 18.2 Å². The van der Waals surface area contributed by atoms with E-state index in [2.05, 4.69) is 43.5 Å². The zero-order chi connectivity index (χ0) is 48.0. The third kappa shape index (κ3) is 19.0. The number of nitrogens with zero attached hydrogens (tertiary/aromatic N) is 4. The number of phenolic OH excluding ortho intramolecular Hbond substituents is 1. The number of anilines is 2. The molecular weight excluding hydrogens is 1080 g/mol. The molecule has 0 aromatic heterocycles. The van der Waals surface area contributed by atoms with Gasteiger partial charge in [-0.2, -0.15) is 14.6 Å². The number of benzene rings is 5. The molecule has 69 heavy (non-hydrogen) atoms. The molecule has 0 saturated carbocycles. The summed E-state index contributed by atoms with van der Waals surface area (Å²) < 4.78 is 163. The molecule has 0 aliphatic heterocycles. The molecule has 1 amide bonds. The van der Waals surface area contributed by atoms with Crippen molar-refractivity contribution in [3.8, 4) is 5.75 Å². The number of nitrogens with one attached hydrogen (secondary N) is 1. The summed E-state index contributed by atoms with van der Waals surface area (Å²) >= 11 is 0.189. The Morgan fingerprint density at radius 3 is 1.55 bits per heavy atom. The van der Waals surface area contributed by atoms with Gasteiger partial charge in [0.25, 0.3) is 5.91 Å². The number of carbonyl (C=O) groups is 1. The molecule has 0 saturated heterocycles. The first-order valence-electron chi connectivity index (χ1n) is 17.1. The molecule has 5 aromatic carbocycles. The van der Waals surface area contributed by atoms with Crippen molar-refractivity contribution >= 4 is 113 Å². The number of phenols is 1. The molecule has 0 atom stereocenters. The van der Waals surface area contributed by atoms with E-state index < -0.39 is 109 Å². The zero-order valence-corrected chi connectivity index (χ0v) is 48.8. The number of nitrogens with two attached hydrogens (primary N) is 1. The van der Waals surface area contributed by atoms with Crippen LogP contribution in [0.25, 0.3) is 10.8 Å². The molecular formula is C33H26N6Na4O20S6. The number of hydrogen-bond donors (Lipinski definition) is 3. The second-order valence-electron chi connectivity index (χ2n) is 12.5. The van der Waals surface area contributed by atoms with Gasteiger partial charge >= 0.3 is 118 Å². The number of amides is 1. The Kier molecular flexibility index (Phi) is 26.2. The van der Waals surface area contributed by atoms with Crippen molar-refractivity contribution < 1.29 is 207 Å². The normalized spacial score (nSPS) is 12.2. The van der Waals surface area contributed by atoms with E-state index in [-0.39, 0.29) is 178 Å². The molecule has 5 rings (SSSR count). The molecule has 0 aliphatic rings. The zero-order valence-electron chi connectivity index (χ0n) is 35.9. The Hall–Kier alpha value is -1.59. The van der Waals surface area contributed by atoms with Crippen LogP contribution in [0.2, 0.25) is 0 Å². The van der Waals surface area contributed by atoms with E-state index in [1.54, 1.807) is 0 Å². The van der Waals surface area contributed by atoms with Gasteiger partial charge in [-0.05, 0) is 90.3 Å². The largest absolute Gasteiger partial charge is 1.00 e. The second kappa shape index (κ2) is 27.6. The fraction of sp³-hybridized carbons (Fsp3) is 0.121. The molecule has 4 N–H and O–H groups in total. The predicted octanol–water partition coefficient (Wildman–Crippen LogP) is -9.14. The van der Waals surface area contributed by atoms with E-state index in [1.165, 1.54) is 36.4 Å². The Bertz CT molecular complexity index is 3270. The van der Waals surface area contributed by atoms with Crippen molar-refractivity contribution in [2.45, 2.75) is 19.6 Å². The van der Waals surface area contributed by atoms with Gasteiger partial charge in [0.05, 0.1) is 78.8 Å². The van der Waals surface area contributed by atoms with Crippen molar-refractivity contribution in [3.63, 3.8) is 0 Å². The fourth-order valence-electron chi connectivity index (χ4n) is 5.31. The van der Waals surface area contributed by atoms with Crippen LogP contribution >= 0.6 is 12.0 Å². The summed E-state index contributed by atoms with van der Waals surface area (Å²) in [6.45, 7) is -1.86. The molecule has 5 aromatic rings. The van der Waals surface area contributed by atoms with E-state index in [1.807, 2.05) is 0 Å². The van der Waals surface area contributed by atoms with Gasteiger partial charge in [-0.1, -0.05) is 0 Å². The Balaban J connectivity index is 0.00000595. The van der Waals surface area contributed by atoms with Crippen molar-refractivity contribution in [1.82, 2.24) is 0 Å². The van der Waals surface area contributed by atoms with Gasteiger partial charge in [0.15, 0.2) is 25.4 Å². The number of nitrogen functional groups attached to an aromatic ring is 1. The smallest absolute Gasteiger partial charge is 0.744 e. The molecule has 0 fully saturated rings. The summed E-state index contributed by atoms with van der Waals surface area (Å²) in [5.41, 5.74) is 4.60. The predicted molar refractivity (Wildman–Crippen MR) is 217 cm³/mol. The van der Waals surface area contributed by atoms with Gasteiger partial charge in [0, 0.05) is 11.3 Å². The average molecular weight is 1110 g/mol. The number of aromatic hydroxyl groups is 1. The first kappa shape index (κ1) is 65.4. The number of fused-ring (bicyclic) bond motifs is 1. The maximum absolute atomic E-state index is 12.9. The van der Waals surface area contributed by atoms with E-state index in [0.29, 0.717) is 0 Å². The minimum absolute atomic E-state index is 0. The molecule has 0 bridgehead atoms. The number of azo groups is 2. The molecule has 0 heterocycles. The van der Waals surface area contributed by atoms with Crippen LogP contribution in [-0.4, -0.2) is 91.5 Å². The summed E-state index contributed by atoms with van der Waals surface area (Å²) in [6, 6.07) is 16.1. The topological polar surface area (TPSA) is 425 Å². The quantitative estimate of drug-likeness (QED) is 0.00952. The number of rotatable bonds is 20. The first-order valence-corrected chi connectivity index (χ1v) is 25.2. The summed E-state index contributed by atoms with van der Waals surface area (Å²) in [7, 11) is -23.8. The SMILES string of the molecule is Nc1c(N=Nc2ccc(S(=O)(=O)CCOS(=O)(=O)[O-])cc2)c(S(=O)(=O)[O-])cc2cc(SOO[O-])c(N=Nc3ccc(C(=O)Nc4ccc(S(=O)(=O)CCOS(=O)(=O)[O-])cc4)cc3)c(O)c12.[Na+].[Na+].[Na+].[Na+]. The van der Waals surface area contributed by atoms with Crippen LogP contribution in [0.1, 0.15) is 10.4 Å². The molecule has 348 valence electrons. The molecule has 0 radical (unpaired) electrons. The fourth-order valence-corrected chi connectivity index (χ4v) is 9.42. The van der Waals surface area contributed by atoms with Gasteiger partial charge in [0.2, 0.25) is 20.8 Å². The van der Waals surface area contributed by atoms with Crippen molar-refractivity contribution in [2.75, 3.05) is 35.8 Å². The average Bonchev–Trinajstić information content (AvgIpc) is 3.21. The summed E-state index contributed by atoms with van der Waals surface area (Å²) in [6.07, 6.45) is 0. The maximum Gasteiger partial charge on any atom is 1.00 e. The molecule has 36 heteroatoms. The van der Waals surface area contributed by atoms with E-state index in [9.17, 15) is 70.9 Å². The number of carbonyl (C=O) groups excluding carboxylic acids is 1. The van der Waals surface area contributed by atoms with Crippen LogP contribution in [0, 0.1) is 0 Å². The number of hydrogen-bond acceptors (Lipinski definition) is 26. The minimum Gasteiger partial charge on any atom is -0.744 e. The third-order valence-corrected chi connectivity index (χ3v) is 14.0. The van der Waals surface area contributed by atoms with Crippen LogP contribution in [0.3, 0.4) is 0 Å². The molecule has 0 spiro atoms. The van der Waals surface area contributed by atoms with Gasteiger partial charge in [0.1, 0.15) is 21.5 Å². The van der Waals surface area contributed by atoms with Crippen molar-refractivity contribution in [2.24, 2.45) is 20.5 Å².